The fraction of sp³-hybridized carbons (Fsp3) is 0.346. The molecule has 6 heteroatoms. The molecule has 2 N–H and O–H groups in total. The number of fused-ring (bicyclic) bond motifs is 1. The van der Waals surface area contributed by atoms with Crippen molar-refractivity contribution in [3.63, 3.8) is 0 Å². The zero-order valence-corrected chi connectivity index (χ0v) is 18.6. The maximum Gasteiger partial charge on any atom is 0.334 e. The average Bonchev–Trinajstić information content (AvgIpc) is 2.94. The molecule has 0 spiro atoms. The van der Waals surface area contributed by atoms with Gasteiger partial charge in [0, 0.05) is 18.5 Å². The van der Waals surface area contributed by atoms with E-state index in [-0.39, 0.29) is 29.9 Å². The molecule has 2 aromatic rings. The van der Waals surface area contributed by atoms with Gasteiger partial charge in [0.15, 0.2) is 0 Å². The molecule has 1 heterocycles. The van der Waals surface area contributed by atoms with Gasteiger partial charge in [-0.15, -0.1) is 0 Å². The van der Waals surface area contributed by atoms with Gasteiger partial charge in [-0.3, -0.25) is 9.59 Å². The van der Waals surface area contributed by atoms with Crippen LogP contribution in [-0.2, 0) is 38.7 Å². The molecular formula is C26H30N2O4. The molecule has 0 aliphatic carbocycles. The van der Waals surface area contributed by atoms with Crippen LogP contribution in [0.3, 0.4) is 0 Å². The van der Waals surface area contributed by atoms with Crippen molar-refractivity contribution in [1.29, 1.82) is 0 Å². The van der Waals surface area contributed by atoms with Gasteiger partial charge >= 0.3 is 5.97 Å². The number of benzene rings is 2. The van der Waals surface area contributed by atoms with Crippen molar-refractivity contribution in [3.05, 3.63) is 83.4 Å². The van der Waals surface area contributed by atoms with Gasteiger partial charge in [-0.2, -0.15) is 0 Å². The fourth-order valence-corrected chi connectivity index (χ4v) is 3.77. The normalized spacial score (nSPS) is 16.3. The quantitative estimate of drug-likeness (QED) is 0.493. The smallest absolute Gasteiger partial charge is 0.334 e. The highest BCUT2D eigenvalue weighted by atomic mass is 16.5. The van der Waals surface area contributed by atoms with Gasteiger partial charge in [-0.25, -0.2) is 4.79 Å². The standard InChI is InChI=1S/C26H30N2O4/c1-17(2)13-22(18(3)26(31)32-16-19-9-5-4-6-10-19)24(29)28-23-14-20-11-7-8-12-21(20)15-27-25(23)30/h4-12,17,22-23H,3,13-16H2,1-2H3,(H,27,30)(H,28,29)/t22-,23+/m1/s1. The van der Waals surface area contributed by atoms with Crippen LogP contribution in [0.2, 0.25) is 0 Å². The van der Waals surface area contributed by atoms with E-state index in [1.54, 1.807) is 0 Å². The SMILES string of the molecule is C=C(C(=O)OCc1ccccc1)[C@@H](CC(C)C)C(=O)N[C@H]1Cc2ccccc2CNC1=O. The molecule has 0 aromatic heterocycles. The summed E-state index contributed by atoms with van der Waals surface area (Å²) in [5.41, 5.74) is 3.00. The van der Waals surface area contributed by atoms with Gasteiger partial charge in [0.2, 0.25) is 11.8 Å². The topological polar surface area (TPSA) is 84.5 Å². The number of hydrogen-bond donors (Lipinski definition) is 2. The largest absolute Gasteiger partial charge is 0.457 e. The van der Waals surface area contributed by atoms with Crippen LogP contribution in [0.4, 0.5) is 0 Å². The van der Waals surface area contributed by atoms with Crippen molar-refractivity contribution in [2.45, 2.75) is 45.9 Å². The summed E-state index contributed by atoms with van der Waals surface area (Å²) in [5, 5.41) is 5.70. The second kappa shape index (κ2) is 10.8. The zero-order chi connectivity index (χ0) is 23.1. The monoisotopic (exact) mass is 434 g/mol. The van der Waals surface area contributed by atoms with Gasteiger partial charge < -0.3 is 15.4 Å². The molecule has 0 saturated heterocycles. The third kappa shape index (κ3) is 6.06. The predicted molar refractivity (Wildman–Crippen MR) is 122 cm³/mol. The predicted octanol–water partition coefficient (Wildman–Crippen LogP) is 3.31. The molecule has 1 aliphatic heterocycles. The van der Waals surface area contributed by atoms with E-state index in [1.807, 2.05) is 68.4 Å². The van der Waals surface area contributed by atoms with Crippen LogP contribution >= 0.6 is 0 Å². The van der Waals surface area contributed by atoms with Gasteiger partial charge in [0.05, 0.1) is 5.92 Å². The van der Waals surface area contributed by atoms with Crippen LogP contribution < -0.4 is 10.6 Å². The summed E-state index contributed by atoms with van der Waals surface area (Å²) in [6.45, 7) is 8.35. The Morgan fingerprint density at radius 3 is 2.44 bits per heavy atom. The highest BCUT2D eigenvalue weighted by Crippen LogP contribution is 2.22. The minimum absolute atomic E-state index is 0.0987. The second-order valence-electron chi connectivity index (χ2n) is 8.52. The Bertz CT molecular complexity index is 984. The average molecular weight is 435 g/mol. The molecule has 0 fully saturated rings. The van der Waals surface area contributed by atoms with Gasteiger partial charge in [-0.1, -0.05) is 75.0 Å². The Morgan fingerprint density at radius 1 is 1.09 bits per heavy atom. The van der Waals surface area contributed by atoms with E-state index < -0.39 is 17.9 Å². The van der Waals surface area contributed by atoms with E-state index in [9.17, 15) is 14.4 Å². The van der Waals surface area contributed by atoms with Crippen LogP contribution in [0.15, 0.2) is 66.7 Å². The van der Waals surface area contributed by atoms with Crippen LogP contribution in [-0.4, -0.2) is 23.8 Å². The second-order valence-corrected chi connectivity index (χ2v) is 8.52. The van der Waals surface area contributed by atoms with E-state index in [1.165, 1.54) is 0 Å². The number of rotatable bonds is 8. The number of carbonyl (C=O) groups is 3. The first-order chi connectivity index (χ1) is 15.3. The zero-order valence-electron chi connectivity index (χ0n) is 18.6. The summed E-state index contributed by atoms with van der Waals surface area (Å²) in [7, 11) is 0. The number of nitrogens with one attached hydrogen (secondary N) is 2. The minimum atomic E-state index is -0.774. The summed E-state index contributed by atoms with van der Waals surface area (Å²) in [4.78, 5) is 38.4. The van der Waals surface area contributed by atoms with E-state index in [0.717, 1.165) is 16.7 Å². The van der Waals surface area contributed by atoms with Gasteiger partial charge in [0.1, 0.15) is 12.6 Å². The Balaban J connectivity index is 1.69. The molecule has 2 atom stereocenters. The van der Waals surface area contributed by atoms with E-state index in [0.29, 0.717) is 19.4 Å². The molecule has 1 aliphatic rings. The number of ether oxygens (including phenoxy) is 1. The Morgan fingerprint density at radius 2 is 1.75 bits per heavy atom. The maximum absolute atomic E-state index is 13.2. The summed E-state index contributed by atoms with van der Waals surface area (Å²) in [5.74, 6) is -1.86. The number of amides is 2. The number of carbonyl (C=O) groups excluding carboxylic acids is 3. The van der Waals surface area contributed by atoms with Crippen molar-refractivity contribution in [2.75, 3.05) is 0 Å². The lowest BCUT2D eigenvalue weighted by Crippen LogP contribution is -2.49. The molecule has 168 valence electrons. The molecule has 0 bridgehead atoms. The Hall–Kier alpha value is -3.41. The van der Waals surface area contributed by atoms with Crippen molar-refractivity contribution >= 4 is 17.8 Å². The van der Waals surface area contributed by atoms with Crippen LogP contribution in [0.1, 0.15) is 37.0 Å². The third-order valence-corrected chi connectivity index (χ3v) is 5.55. The molecular weight excluding hydrogens is 404 g/mol. The van der Waals surface area contributed by atoms with E-state index in [2.05, 4.69) is 17.2 Å². The highest BCUT2D eigenvalue weighted by Gasteiger charge is 2.32. The first-order valence-electron chi connectivity index (χ1n) is 10.9. The molecule has 2 amide bonds. The summed E-state index contributed by atoms with van der Waals surface area (Å²) in [6.07, 6.45) is 0.823. The first kappa shape index (κ1) is 23.3. The molecule has 6 nitrogen and oxygen atoms in total. The molecule has 3 rings (SSSR count). The van der Waals surface area contributed by atoms with Crippen LogP contribution in [0.25, 0.3) is 0 Å². The van der Waals surface area contributed by atoms with Crippen molar-refractivity contribution in [3.8, 4) is 0 Å². The Labute approximate surface area is 189 Å². The van der Waals surface area contributed by atoms with Gasteiger partial charge in [-0.05, 0) is 29.0 Å². The van der Waals surface area contributed by atoms with E-state index in [4.69, 9.17) is 4.74 Å². The number of hydrogen-bond acceptors (Lipinski definition) is 4. The van der Waals surface area contributed by atoms with Crippen LogP contribution in [0.5, 0.6) is 0 Å². The van der Waals surface area contributed by atoms with Crippen LogP contribution in [0, 0.1) is 11.8 Å². The highest BCUT2D eigenvalue weighted by molar-refractivity contribution is 5.98. The number of esters is 1. The fourth-order valence-electron chi connectivity index (χ4n) is 3.77. The summed E-state index contributed by atoms with van der Waals surface area (Å²) in [6, 6.07) is 16.4. The molecule has 32 heavy (non-hydrogen) atoms. The Kier molecular flexibility index (Phi) is 7.82. The molecule has 2 aromatic carbocycles. The lowest BCUT2D eigenvalue weighted by atomic mass is 9.89. The molecule has 0 radical (unpaired) electrons. The van der Waals surface area contributed by atoms with Crippen molar-refractivity contribution in [2.24, 2.45) is 11.8 Å². The molecule has 0 unspecified atom stereocenters. The summed E-state index contributed by atoms with van der Waals surface area (Å²) < 4.78 is 5.38. The lowest BCUT2D eigenvalue weighted by Gasteiger charge is -2.23. The van der Waals surface area contributed by atoms with Gasteiger partial charge in [0.25, 0.3) is 0 Å². The third-order valence-electron chi connectivity index (χ3n) is 5.55. The van der Waals surface area contributed by atoms with E-state index >= 15 is 0 Å². The minimum Gasteiger partial charge on any atom is -0.457 e. The maximum atomic E-state index is 13.2. The van der Waals surface area contributed by atoms with Crippen molar-refractivity contribution in [1.82, 2.24) is 10.6 Å². The first-order valence-corrected chi connectivity index (χ1v) is 10.9. The lowest BCUT2D eigenvalue weighted by molar-refractivity contribution is -0.142. The van der Waals surface area contributed by atoms with Crippen molar-refractivity contribution < 1.29 is 19.1 Å². The summed E-state index contributed by atoms with van der Waals surface area (Å²) >= 11 is 0. The molecule has 0 saturated carbocycles.